The highest BCUT2D eigenvalue weighted by Crippen LogP contribution is 2.36. The highest BCUT2D eigenvalue weighted by atomic mass is 19.4. The molecular formula is C37H48F3NO3. The Labute approximate surface area is 261 Å². The number of rotatable bonds is 20. The standard InChI is InChI=1S/C37H48F3NO3/c1-3-4-5-6-7-8-9-11-15-29-20-23-35(41-27-29)34-26-32(21-22-33(34)31-16-12-10-13-17-31)30(18-14-19-36(42)43)24-25-44-28(2)37(38,39)40/h10,12-13,16-17,20-23,26-28,30H,3-9,11,14-15,18-19,24-25H2,1-2H3,(H,42,43). The highest BCUT2D eigenvalue weighted by Gasteiger charge is 2.36. The maximum Gasteiger partial charge on any atom is 0.414 e. The third-order valence-corrected chi connectivity index (χ3v) is 8.26. The Morgan fingerprint density at radius 1 is 0.864 bits per heavy atom. The molecule has 3 rings (SSSR count). The van der Waals surface area contributed by atoms with Crippen LogP contribution in [0.25, 0.3) is 22.4 Å². The van der Waals surface area contributed by atoms with Gasteiger partial charge in [0.15, 0.2) is 6.10 Å². The first kappa shape index (κ1) is 35.3. The maximum atomic E-state index is 13.0. The number of carboxylic acid groups (broad SMARTS) is 1. The molecule has 0 bridgehead atoms. The van der Waals surface area contributed by atoms with Gasteiger partial charge in [-0.25, -0.2) is 0 Å². The van der Waals surface area contributed by atoms with Crippen LogP contribution in [0.1, 0.15) is 108 Å². The van der Waals surface area contributed by atoms with Gasteiger partial charge in [-0.15, -0.1) is 0 Å². The first-order chi connectivity index (χ1) is 21.2. The number of hydrogen-bond donors (Lipinski definition) is 1. The zero-order valence-electron chi connectivity index (χ0n) is 26.2. The molecule has 0 aliphatic carbocycles. The summed E-state index contributed by atoms with van der Waals surface area (Å²) in [7, 11) is 0. The number of aliphatic carboxylic acids is 1. The lowest BCUT2D eigenvalue weighted by Gasteiger charge is -2.22. The Morgan fingerprint density at radius 3 is 2.20 bits per heavy atom. The van der Waals surface area contributed by atoms with E-state index in [2.05, 4.69) is 25.1 Å². The summed E-state index contributed by atoms with van der Waals surface area (Å²) >= 11 is 0. The zero-order chi connectivity index (χ0) is 31.8. The van der Waals surface area contributed by atoms with Gasteiger partial charge in [-0.2, -0.15) is 13.2 Å². The number of halogens is 3. The number of benzene rings is 2. The molecule has 1 heterocycles. The number of hydrogen-bond acceptors (Lipinski definition) is 3. The molecule has 0 radical (unpaired) electrons. The molecule has 44 heavy (non-hydrogen) atoms. The van der Waals surface area contributed by atoms with E-state index < -0.39 is 18.2 Å². The fourth-order valence-electron chi connectivity index (χ4n) is 5.55. The van der Waals surface area contributed by atoms with Crippen molar-refractivity contribution in [3.8, 4) is 22.4 Å². The smallest absolute Gasteiger partial charge is 0.414 e. The first-order valence-electron chi connectivity index (χ1n) is 16.2. The van der Waals surface area contributed by atoms with Crippen LogP contribution in [0.2, 0.25) is 0 Å². The van der Waals surface area contributed by atoms with Gasteiger partial charge in [0.25, 0.3) is 0 Å². The van der Waals surface area contributed by atoms with Gasteiger partial charge in [-0.05, 0) is 79.3 Å². The van der Waals surface area contributed by atoms with Crippen molar-refractivity contribution in [2.75, 3.05) is 6.61 Å². The van der Waals surface area contributed by atoms with Gasteiger partial charge in [0.2, 0.25) is 0 Å². The number of pyridine rings is 1. The summed E-state index contributed by atoms with van der Waals surface area (Å²) in [5.74, 6) is -1.04. The molecule has 0 saturated carbocycles. The molecule has 7 heteroatoms. The van der Waals surface area contributed by atoms with Crippen molar-refractivity contribution in [1.82, 2.24) is 4.98 Å². The molecule has 4 nitrogen and oxygen atoms in total. The summed E-state index contributed by atoms with van der Waals surface area (Å²) in [4.78, 5) is 16.0. The minimum atomic E-state index is -4.42. The second-order valence-electron chi connectivity index (χ2n) is 11.8. The van der Waals surface area contributed by atoms with Crippen LogP contribution in [0, 0.1) is 0 Å². The van der Waals surface area contributed by atoms with Gasteiger partial charge in [0.05, 0.1) is 5.69 Å². The molecule has 2 aromatic carbocycles. The molecule has 1 aromatic heterocycles. The Bertz CT molecular complexity index is 1250. The van der Waals surface area contributed by atoms with E-state index in [-0.39, 0.29) is 18.9 Å². The third-order valence-electron chi connectivity index (χ3n) is 8.26. The number of alkyl halides is 3. The molecule has 1 N–H and O–H groups in total. The van der Waals surface area contributed by atoms with Crippen molar-refractivity contribution >= 4 is 5.97 Å². The van der Waals surface area contributed by atoms with Crippen molar-refractivity contribution in [2.24, 2.45) is 0 Å². The Balaban J connectivity index is 1.79. The lowest BCUT2D eigenvalue weighted by Crippen LogP contribution is -2.29. The van der Waals surface area contributed by atoms with Gasteiger partial charge in [0, 0.05) is 24.8 Å². The molecule has 0 spiro atoms. The minimum absolute atomic E-state index is 0.00709. The van der Waals surface area contributed by atoms with Gasteiger partial charge < -0.3 is 9.84 Å². The lowest BCUT2D eigenvalue weighted by atomic mass is 9.86. The molecule has 0 aliphatic heterocycles. The molecule has 0 amide bonds. The predicted molar refractivity (Wildman–Crippen MR) is 172 cm³/mol. The number of carboxylic acids is 1. The molecule has 0 saturated heterocycles. The fraction of sp³-hybridized carbons (Fsp3) is 0.514. The lowest BCUT2D eigenvalue weighted by molar-refractivity contribution is -0.214. The quantitative estimate of drug-likeness (QED) is 0.129. The second-order valence-corrected chi connectivity index (χ2v) is 11.8. The van der Waals surface area contributed by atoms with Gasteiger partial charge in [0.1, 0.15) is 0 Å². The Hall–Kier alpha value is -3.19. The fourth-order valence-corrected chi connectivity index (χ4v) is 5.55. The van der Waals surface area contributed by atoms with Crippen LogP contribution in [0.5, 0.6) is 0 Å². The Kier molecular flexibility index (Phi) is 14.9. The second kappa shape index (κ2) is 18.6. The third kappa shape index (κ3) is 12.1. The summed E-state index contributed by atoms with van der Waals surface area (Å²) in [6.07, 6.45) is 8.21. The summed E-state index contributed by atoms with van der Waals surface area (Å²) in [6.45, 7) is 3.18. The number of aromatic nitrogens is 1. The molecule has 2 atom stereocenters. The minimum Gasteiger partial charge on any atom is -0.481 e. The predicted octanol–water partition coefficient (Wildman–Crippen LogP) is 10.8. The van der Waals surface area contributed by atoms with Crippen LogP contribution in [0.4, 0.5) is 13.2 Å². The highest BCUT2D eigenvalue weighted by molar-refractivity contribution is 5.82. The largest absolute Gasteiger partial charge is 0.481 e. The van der Waals surface area contributed by atoms with Gasteiger partial charge >= 0.3 is 12.1 Å². The van der Waals surface area contributed by atoms with Gasteiger partial charge in [-0.3, -0.25) is 9.78 Å². The van der Waals surface area contributed by atoms with E-state index in [0.29, 0.717) is 19.3 Å². The van der Waals surface area contributed by atoms with E-state index >= 15 is 0 Å². The SMILES string of the molecule is CCCCCCCCCCc1ccc(-c2cc(C(CCCC(=O)O)CCOC(C)C(F)(F)F)ccc2-c2ccccc2)nc1. The van der Waals surface area contributed by atoms with Crippen LogP contribution >= 0.6 is 0 Å². The number of ether oxygens (including phenoxy) is 1. The number of nitrogens with zero attached hydrogens (tertiary/aromatic N) is 1. The van der Waals surface area contributed by atoms with Crippen LogP contribution in [-0.4, -0.2) is 34.9 Å². The van der Waals surface area contributed by atoms with Crippen LogP contribution in [-0.2, 0) is 16.0 Å². The van der Waals surface area contributed by atoms with E-state index in [9.17, 15) is 23.1 Å². The number of carbonyl (C=O) groups is 1. The van der Waals surface area contributed by atoms with E-state index in [1.807, 2.05) is 48.7 Å². The van der Waals surface area contributed by atoms with E-state index in [1.165, 1.54) is 50.5 Å². The van der Waals surface area contributed by atoms with E-state index in [0.717, 1.165) is 47.7 Å². The monoisotopic (exact) mass is 611 g/mol. The van der Waals surface area contributed by atoms with Crippen molar-refractivity contribution in [1.29, 1.82) is 0 Å². The molecule has 3 aromatic rings. The zero-order valence-corrected chi connectivity index (χ0v) is 26.2. The molecule has 0 fully saturated rings. The molecular weight excluding hydrogens is 563 g/mol. The van der Waals surface area contributed by atoms with Crippen molar-refractivity contribution < 1.29 is 27.8 Å². The average Bonchev–Trinajstić information content (AvgIpc) is 3.01. The first-order valence-corrected chi connectivity index (χ1v) is 16.2. The summed E-state index contributed by atoms with van der Waals surface area (Å²) < 4.78 is 44.2. The van der Waals surface area contributed by atoms with Crippen molar-refractivity contribution in [3.63, 3.8) is 0 Å². The maximum absolute atomic E-state index is 13.0. The van der Waals surface area contributed by atoms with Crippen LogP contribution < -0.4 is 0 Å². The van der Waals surface area contributed by atoms with Crippen molar-refractivity contribution in [2.45, 2.75) is 116 Å². The summed E-state index contributed by atoms with van der Waals surface area (Å²) in [5, 5.41) is 9.18. The summed E-state index contributed by atoms with van der Waals surface area (Å²) in [6, 6.07) is 20.3. The van der Waals surface area contributed by atoms with Gasteiger partial charge in [-0.1, -0.05) is 100 Å². The molecule has 240 valence electrons. The normalized spacial score (nSPS) is 13.1. The van der Waals surface area contributed by atoms with E-state index in [4.69, 9.17) is 9.72 Å². The molecule has 0 aliphatic rings. The van der Waals surface area contributed by atoms with E-state index in [1.54, 1.807) is 0 Å². The molecule has 2 unspecified atom stereocenters. The topological polar surface area (TPSA) is 59.4 Å². The number of aryl methyl sites for hydroxylation is 1. The summed E-state index contributed by atoms with van der Waals surface area (Å²) in [5.41, 5.74) is 5.99. The van der Waals surface area contributed by atoms with Crippen LogP contribution in [0.3, 0.4) is 0 Å². The van der Waals surface area contributed by atoms with Crippen LogP contribution in [0.15, 0.2) is 66.9 Å². The Morgan fingerprint density at radius 2 is 1.57 bits per heavy atom. The number of unbranched alkanes of at least 4 members (excludes halogenated alkanes) is 7. The van der Waals surface area contributed by atoms with Crippen molar-refractivity contribution in [3.05, 3.63) is 78.0 Å². The average molecular weight is 612 g/mol.